The predicted octanol–water partition coefficient (Wildman–Crippen LogP) is 1.70. The standard InChI is InChI=1S/C15H26N2O2/c18-15(19)12-5-3-4-11(12)10-16-13-7-9-17-8-2-1-6-14(13)17/h11-14,16H,1-10H2,(H,18,19). The molecule has 1 aliphatic carbocycles. The monoisotopic (exact) mass is 266 g/mol. The minimum atomic E-state index is -0.588. The van der Waals surface area contributed by atoms with E-state index in [2.05, 4.69) is 10.2 Å². The summed E-state index contributed by atoms with van der Waals surface area (Å²) in [7, 11) is 0. The van der Waals surface area contributed by atoms with Gasteiger partial charge in [0.2, 0.25) is 0 Å². The fourth-order valence-corrected chi connectivity index (χ4v) is 4.39. The zero-order valence-corrected chi connectivity index (χ0v) is 11.7. The summed E-state index contributed by atoms with van der Waals surface area (Å²) in [6.45, 7) is 3.41. The smallest absolute Gasteiger partial charge is 0.306 e. The van der Waals surface area contributed by atoms with Gasteiger partial charge in [0.1, 0.15) is 0 Å². The highest BCUT2D eigenvalue weighted by Gasteiger charge is 2.37. The third-order valence-electron chi connectivity index (χ3n) is 5.47. The summed E-state index contributed by atoms with van der Waals surface area (Å²) in [5.74, 6) is -0.332. The molecule has 2 aliphatic heterocycles. The number of nitrogens with one attached hydrogen (secondary N) is 1. The topological polar surface area (TPSA) is 52.6 Å². The van der Waals surface area contributed by atoms with Crippen molar-refractivity contribution in [3.05, 3.63) is 0 Å². The van der Waals surface area contributed by atoms with Gasteiger partial charge in [-0.15, -0.1) is 0 Å². The van der Waals surface area contributed by atoms with Crippen LogP contribution in [0.25, 0.3) is 0 Å². The molecule has 1 saturated carbocycles. The second kappa shape index (κ2) is 5.80. The summed E-state index contributed by atoms with van der Waals surface area (Å²) in [4.78, 5) is 13.8. The molecule has 3 aliphatic rings. The molecule has 2 N–H and O–H groups in total. The number of aliphatic carboxylic acids is 1. The SMILES string of the molecule is O=C(O)C1CCCC1CNC1CCN2CCCCC12. The largest absolute Gasteiger partial charge is 0.481 e. The molecule has 0 amide bonds. The van der Waals surface area contributed by atoms with Crippen molar-refractivity contribution in [2.75, 3.05) is 19.6 Å². The van der Waals surface area contributed by atoms with Gasteiger partial charge >= 0.3 is 5.97 Å². The maximum absolute atomic E-state index is 11.2. The number of piperidine rings is 1. The normalized spacial score (nSPS) is 39.4. The van der Waals surface area contributed by atoms with Crippen molar-refractivity contribution in [2.45, 2.75) is 57.0 Å². The molecule has 4 unspecified atom stereocenters. The Morgan fingerprint density at radius 2 is 2.00 bits per heavy atom. The minimum absolute atomic E-state index is 0.101. The average Bonchev–Trinajstić information content (AvgIpc) is 3.03. The predicted molar refractivity (Wildman–Crippen MR) is 74.1 cm³/mol. The van der Waals surface area contributed by atoms with Gasteiger partial charge in [0.05, 0.1) is 5.92 Å². The second-order valence-electron chi connectivity index (χ2n) is 6.54. The first-order valence-corrected chi connectivity index (χ1v) is 7.96. The highest BCUT2D eigenvalue weighted by Crippen LogP contribution is 2.32. The van der Waals surface area contributed by atoms with Crippen LogP contribution >= 0.6 is 0 Å². The van der Waals surface area contributed by atoms with Crippen molar-refractivity contribution in [3.63, 3.8) is 0 Å². The molecular formula is C15H26N2O2. The Kier molecular flexibility index (Phi) is 4.08. The molecule has 0 bridgehead atoms. The van der Waals surface area contributed by atoms with Gasteiger partial charge in [0.15, 0.2) is 0 Å². The van der Waals surface area contributed by atoms with Crippen molar-refractivity contribution in [3.8, 4) is 0 Å². The molecule has 0 aromatic rings. The zero-order valence-electron chi connectivity index (χ0n) is 11.7. The second-order valence-corrected chi connectivity index (χ2v) is 6.54. The molecule has 0 aromatic heterocycles. The van der Waals surface area contributed by atoms with Gasteiger partial charge in [0, 0.05) is 18.6 Å². The number of carboxylic acids is 1. The quantitative estimate of drug-likeness (QED) is 0.813. The van der Waals surface area contributed by atoms with Gasteiger partial charge < -0.3 is 10.4 Å². The molecule has 0 spiro atoms. The van der Waals surface area contributed by atoms with E-state index in [0.717, 1.165) is 31.8 Å². The van der Waals surface area contributed by atoms with E-state index < -0.39 is 5.97 Å². The van der Waals surface area contributed by atoms with Crippen molar-refractivity contribution >= 4 is 5.97 Å². The lowest BCUT2D eigenvalue weighted by molar-refractivity contribution is -0.142. The molecule has 19 heavy (non-hydrogen) atoms. The first kappa shape index (κ1) is 13.4. The molecule has 4 atom stereocenters. The summed E-state index contributed by atoms with van der Waals surface area (Å²) in [5, 5.41) is 12.9. The number of carboxylic acid groups (broad SMARTS) is 1. The first-order chi connectivity index (χ1) is 9.25. The van der Waals surface area contributed by atoms with Gasteiger partial charge in [0.25, 0.3) is 0 Å². The van der Waals surface area contributed by atoms with Crippen molar-refractivity contribution in [1.29, 1.82) is 0 Å². The van der Waals surface area contributed by atoms with E-state index in [4.69, 9.17) is 0 Å². The number of carbonyl (C=O) groups is 1. The maximum Gasteiger partial charge on any atom is 0.306 e. The van der Waals surface area contributed by atoms with E-state index in [9.17, 15) is 9.90 Å². The zero-order chi connectivity index (χ0) is 13.2. The summed E-state index contributed by atoms with van der Waals surface area (Å²) in [5.41, 5.74) is 0. The van der Waals surface area contributed by atoms with E-state index >= 15 is 0 Å². The molecule has 3 rings (SSSR count). The lowest BCUT2D eigenvalue weighted by Gasteiger charge is -2.33. The van der Waals surface area contributed by atoms with Gasteiger partial charge in [-0.3, -0.25) is 9.69 Å². The summed E-state index contributed by atoms with van der Waals surface area (Å²) < 4.78 is 0. The van der Waals surface area contributed by atoms with Crippen LogP contribution in [-0.4, -0.2) is 47.7 Å². The molecule has 0 radical (unpaired) electrons. The molecule has 108 valence electrons. The summed E-state index contributed by atoms with van der Waals surface area (Å²) >= 11 is 0. The van der Waals surface area contributed by atoms with Gasteiger partial charge in [-0.25, -0.2) is 0 Å². The number of hydrogen-bond acceptors (Lipinski definition) is 3. The Morgan fingerprint density at radius 1 is 1.11 bits per heavy atom. The van der Waals surface area contributed by atoms with Crippen LogP contribution in [0.4, 0.5) is 0 Å². The van der Waals surface area contributed by atoms with Crippen molar-refractivity contribution in [2.24, 2.45) is 11.8 Å². The molecule has 4 heteroatoms. The third-order valence-corrected chi connectivity index (χ3v) is 5.47. The Balaban J connectivity index is 1.50. The van der Waals surface area contributed by atoms with Gasteiger partial charge in [-0.05, 0) is 51.1 Å². The lowest BCUT2D eigenvalue weighted by atomic mass is 9.94. The van der Waals surface area contributed by atoms with Crippen LogP contribution in [0.3, 0.4) is 0 Å². The third kappa shape index (κ3) is 2.79. The van der Waals surface area contributed by atoms with Crippen LogP contribution < -0.4 is 5.32 Å². The highest BCUT2D eigenvalue weighted by atomic mass is 16.4. The molecule has 2 saturated heterocycles. The number of nitrogens with zero attached hydrogens (tertiary/aromatic N) is 1. The van der Waals surface area contributed by atoms with Crippen LogP contribution in [0.5, 0.6) is 0 Å². The maximum atomic E-state index is 11.2. The van der Waals surface area contributed by atoms with Crippen molar-refractivity contribution < 1.29 is 9.90 Å². The van der Waals surface area contributed by atoms with Gasteiger partial charge in [-0.2, -0.15) is 0 Å². The fourth-order valence-electron chi connectivity index (χ4n) is 4.39. The van der Waals surface area contributed by atoms with Crippen LogP contribution in [0.2, 0.25) is 0 Å². The highest BCUT2D eigenvalue weighted by molar-refractivity contribution is 5.70. The van der Waals surface area contributed by atoms with E-state index in [1.807, 2.05) is 0 Å². The lowest BCUT2D eigenvalue weighted by Crippen LogP contribution is -2.46. The van der Waals surface area contributed by atoms with E-state index in [-0.39, 0.29) is 5.92 Å². The molecule has 0 aromatic carbocycles. The Bertz CT molecular complexity index is 334. The van der Waals surface area contributed by atoms with Crippen LogP contribution in [0.15, 0.2) is 0 Å². The van der Waals surface area contributed by atoms with Crippen LogP contribution in [-0.2, 0) is 4.79 Å². The minimum Gasteiger partial charge on any atom is -0.481 e. The van der Waals surface area contributed by atoms with Gasteiger partial charge in [-0.1, -0.05) is 12.8 Å². The Hall–Kier alpha value is -0.610. The molecule has 4 nitrogen and oxygen atoms in total. The summed E-state index contributed by atoms with van der Waals surface area (Å²) in [6.07, 6.45) is 8.34. The van der Waals surface area contributed by atoms with Crippen LogP contribution in [0.1, 0.15) is 44.9 Å². The fraction of sp³-hybridized carbons (Fsp3) is 0.933. The van der Waals surface area contributed by atoms with E-state index in [1.54, 1.807) is 0 Å². The summed E-state index contributed by atoms with van der Waals surface area (Å²) in [6, 6.07) is 1.33. The van der Waals surface area contributed by atoms with Crippen LogP contribution in [0, 0.1) is 11.8 Å². The molecular weight excluding hydrogens is 240 g/mol. The van der Waals surface area contributed by atoms with E-state index in [1.165, 1.54) is 38.8 Å². The average molecular weight is 266 g/mol. The number of hydrogen-bond donors (Lipinski definition) is 2. The van der Waals surface area contributed by atoms with E-state index in [0.29, 0.717) is 12.0 Å². The number of rotatable bonds is 4. The Morgan fingerprint density at radius 3 is 2.84 bits per heavy atom. The Labute approximate surface area is 115 Å². The number of fused-ring (bicyclic) bond motifs is 1. The first-order valence-electron chi connectivity index (χ1n) is 7.96. The van der Waals surface area contributed by atoms with Crippen molar-refractivity contribution in [1.82, 2.24) is 10.2 Å². The molecule has 2 heterocycles. The molecule has 3 fully saturated rings.